The van der Waals surface area contributed by atoms with E-state index in [0.29, 0.717) is 5.92 Å². The smallest absolute Gasteiger partial charge is 0.200 e. The maximum atomic E-state index is 2.53. The fourth-order valence-corrected chi connectivity index (χ4v) is 10.7. The number of benzene rings is 3. The van der Waals surface area contributed by atoms with Gasteiger partial charge >= 0.3 is 0 Å². The lowest BCUT2D eigenvalue weighted by atomic mass is 9.87. The molecule has 0 saturated carbocycles. The lowest BCUT2D eigenvalue weighted by Crippen LogP contribution is -2.49. The van der Waals surface area contributed by atoms with Gasteiger partial charge in [-0.25, -0.2) is 4.57 Å². The van der Waals surface area contributed by atoms with Gasteiger partial charge in [-0.2, -0.15) is 0 Å². The van der Waals surface area contributed by atoms with Gasteiger partial charge in [-0.1, -0.05) is 107 Å². The first-order valence-electron chi connectivity index (χ1n) is 13.4. The molecule has 0 bridgehead atoms. The number of pyridine rings is 1. The monoisotopic (exact) mass is 480 g/mol. The fraction of sp³-hybridized carbons (Fsp3) is 0.364. The minimum atomic E-state index is -1.52. The Balaban J connectivity index is 2.00. The van der Waals surface area contributed by atoms with Gasteiger partial charge in [-0.15, -0.1) is 0 Å². The number of aromatic nitrogens is 1. The topological polar surface area (TPSA) is 3.88 Å². The second-order valence-electron chi connectivity index (χ2n) is 10.9. The molecule has 0 radical (unpaired) electrons. The first-order valence-corrected chi connectivity index (χ1v) is 15.9. The minimum Gasteiger partial charge on any atom is -0.200 e. The number of hydrogen-bond donors (Lipinski definition) is 0. The molecule has 35 heavy (non-hydrogen) atoms. The molecule has 0 atom stereocenters. The maximum Gasteiger partial charge on any atom is 0.220 e. The van der Waals surface area contributed by atoms with E-state index in [1.165, 1.54) is 56.4 Å². The molecule has 0 aliphatic rings. The number of aryl methyl sites for hydroxylation is 1. The second kappa shape index (κ2) is 10.1. The van der Waals surface area contributed by atoms with Gasteiger partial charge in [0.25, 0.3) is 0 Å². The molecule has 0 aliphatic heterocycles. The van der Waals surface area contributed by atoms with Crippen LogP contribution in [0.1, 0.15) is 58.6 Å². The zero-order valence-electron chi connectivity index (χ0n) is 22.9. The average Bonchev–Trinajstić information content (AvgIpc) is 2.86. The molecule has 0 aliphatic carbocycles. The van der Waals surface area contributed by atoms with Gasteiger partial charge in [0.1, 0.15) is 7.05 Å². The van der Waals surface area contributed by atoms with E-state index in [2.05, 4.69) is 133 Å². The van der Waals surface area contributed by atoms with E-state index in [1.54, 1.807) is 5.19 Å². The van der Waals surface area contributed by atoms with Crippen molar-refractivity contribution in [2.75, 3.05) is 0 Å². The van der Waals surface area contributed by atoms with Gasteiger partial charge in [0.05, 0.1) is 19.0 Å². The van der Waals surface area contributed by atoms with Crippen molar-refractivity contribution in [1.82, 2.24) is 0 Å². The zero-order chi connectivity index (χ0) is 25.3. The predicted octanol–water partition coefficient (Wildman–Crippen LogP) is 8.54. The van der Waals surface area contributed by atoms with Crippen LogP contribution in [0.4, 0.5) is 0 Å². The summed E-state index contributed by atoms with van der Waals surface area (Å²) in [4.78, 5) is 0. The normalized spacial score (nSPS) is 12.2. The van der Waals surface area contributed by atoms with Gasteiger partial charge in [0.2, 0.25) is 5.69 Å². The molecule has 0 spiro atoms. The molecule has 1 nitrogen and oxygen atoms in total. The summed E-state index contributed by atoms with van der Waals surface area (Å²) >= 11 is 0. The van der Waals surface area contributed by atoms with E-state index in [-0.39, 0.29) is 0 Å². The van der Waals surface area contributed by atoms with Crippen LogP contribution in [0.5, 0.6) is 0 Å². The molecular formula is C33H42NSi+. The fourth-order valence-electron chi connectivity index (χ4n) is 6.21. The Morgan fingerprint density at radius 2 is 1.49 bits per heavy atom. The molecule has 0 saturated heterocycles. The van der Waals surface area contributed by atoms with Gasteiger partial charge < -0.3 is 0 Å². The van der Waals surface area contributed by atoms with Crippen molar-refractivity contribution in [1.29, 1.82) is 0 Å². The molecule has 4 aromatic rings. The van der Waals surface area contributed by atoms with Crippen LogP contribution in [0.15, 0.2) is 72.9 Å². The maximum absolute atomic E-state index is 2.53. The first-order chi connectivity index (χ1) is 16.7. The highest BCUT2D eigenvalue weighted by atomic mass is 28.3. The van der Waals surface area contributed by atoms with Crippen LogP contribution in [-0.4, -0.2) is 8.07 Å². The highest BCUT2D eigenvalue weighted by Gasteiger charge is 2.35. The lowest BCUT2D eigenvalue weighted by Gasteiger charge is -2.34. The highest BCUT2D eigenvalue weighted by Crippen LogP contribution is 2.37. The van der Waals surface area contributed by atoms with Crippen molar-refractivity contribution in [3.63, 3.8) is 0 Å². The van der Waals surface area contributed by atoms with Gasteiger partial charge in [-0.3, -0.25) is 0 Å². The van der Waals surface area contributed by atoms with E-state index in [9.17, 15) is 0 Å². The third kappa shape index (κ3) is 4.49. The van der Waals surface area contributed by atoms with E-state index in [1.807, 2.05) is 0 Å². The molecule has 0 unspecified atom stereocenters. The van der Waals surface area contributed by atoms with E-state index >= 15 is 0 Å². The van der Waals surface area contributed by atoms with E-state index < -0.39 is 8.07 Å². The molecule has 2 heteroatoms. The minimum absolute atomic E-state index is 0.469. The molecule has 0 amide bonds. The quantitative estimate of drug-likeness (QED) is 0.184. The van der Waals surface area contributed by atoms with Crippen LogP contribution in [0.2, 0.25) is 17.6 Å². The third-order valence-electron chi connectivity index (χ3n) is 8.51. The van der Waals surface area contributed by atoms with Crippen molar-refractivity contribution in [3.05, 3.63) is 84.1 Å². The molecule has 1 heterocycles. The number of hydrogen-bond acceptors (Lipinski definition) is 0. The van der Waals surface area contributed by atoms with Crippen LogP contribution < -0.4 is 9.75 Å². The third-order valence-corrected chi connectivity index (χ3v) is 14.7. The predicted molar refractivity (Wildman–Crippen MR) is 156 cm³/mol. The average molecular weight is 481 g/mol. The van der Waals surface area contributed by atoms with Crippen LogP contribution in [0.25, 0.3) is 33.2 Å². The van der Waals surface area contributed by atoms with Crippen molar-refractivity contribution in [3.8, 4) is 22.4 Å². The second-order valence-corrected chi connectivity index (χ2v) is 16.3. The van der Waals surface area contributed by atoms with Gasteiger partial charge in [0, 0.05) is 6.07 Å². The van der Waals surface area contributed by atoms with Crippen molar-refractivity contribution >= 4 is 24.0 Å². The Bertz CT molecular complexity index is 1330. The van der Waals surface area contributed by atoms with Crippen molar-refractivity contribution in [2.45, 2.75) is 72.0 Å². The number of fused-ring (bicyclic) bond motifs is 1. The summed E-state index contributed by atoms with van der Waals surface area (Å²) in [5, 5.41) is 4.33. The Morgan fingerprint density at radius 3 is 2.09 bits per heavy atom. The summed E-state index contributed by atoms with van der Waals surface area (Å²) in [5.74, 6) is 0.469. The largest absolute Gasteiger partial charge is 0.220 e. The van der Waals surface area contributed by atoms with Gasteiger partial charge in [-0.05, 0) is 58.2 Å². The van der Waals surface area contributed by atoms with Crippen LogP contribution in [0, 0.1) is 6.92 Å². The van der Waals surface area contributed by atoms with Crippen LogP contribution in [0.3, 0.4) is 0 Å². The summed E-state index contributed by atoms with van der Waals surface area (Å²) in [7, 11) is 0.673. The van der Waals surface area contributed by atoms with Crippen molar-refractivity contribution in [2.24, 2.45) is 7.05 Å². The molecule has 1 aromatic heterocycles. The Morgan fingerprint density at radius 1 is 0.800 bits per heavy atom. The van der Waals surface area contributed by atoms with Crippen LogP contribution in [-0.2, 0) is 7.05 Å². The molecule has 182 valence electrons. The molecule has 3 aromatic carbocycles. The standard InChI is InChI=1S/C33H42NSi/c1-9-35(10-2,24(5)6)29-16-17-30-27(20-29)18-19-34(8)33(30)32-22-28(26-14-12-11-13-15-26)21-31(23(3)4)25(32)7/h11-24H,9-10H2,1-8H3/q+1. The zero-order valence-corrected chi connectivity index (χ0v) is 23.9. The van der Waals surface area contributed by atoms with E-state index in [0.717, 1.165) is 5.54 Å². The molecule has 4 rings (SSSR count). The molecule has 0 fully saturated rings. The van der Waals surface area contributed by atoms with E-state index in [4.69, 9.17) is 0 Å². The summed E-state index contributed by atoms with van der Waals surface area (Å²) in [5.41, 5.74) is 8.79. The Labute approximate surface area is 213 Å². The number of rotatable bonds is 7. The summed E-state index contributed by atoms with van der Waals surface area (Å²) in [6.07, 6.45) is 2.25. The number of nitrogens with zero attached hydrogens (tertiary/aromatic N) is 1. The summed E-state index contributed by atoms with van der Waals surface area (Å²) < 4.78 is 2.32. The first kappa shape index (κ1) is 25.4. The summed E-state index contributed by atoms with van der Waals surface area (Å²) in [6.45, 7) is 16.6. The summed E-state index contributed by atoms with van der Waals surface area (Å²) in [6, 6.07) is 27.9. The molecular weight excluding hydrogens is 438 g/mol. The molecule has 0 N–H and O–H groups in total. The Hall–Kier alpha value is -2.71. The lowest BCUT2D eigenvalue weighted by molar-refractivity contribution is -0.659. The highest BCUT2D eigenvalue weighted by molar-refractivity contribution is 6.92. The van der Waals surface area contributed by atoms with Gasteiger partial charge in [0.15, 0.2) is 6.20 Å². The Kier molecular flexibility index (Phi) is 7.33. The van der Waals surface area contributed by atoms with Crippen LogP contribution >= 0.6 is 0 Å². The van der Waals surface area contributed by atoms with Crippen molar-refractivity contribution < 1.29 is 4.57 Å². The SMILES string of the molecule is CC[Si](CC)(c1ccc2c(-c3cc(-c4ccccc4)cc(C(C)C)c3C)[n+](C)ccc2c1)C(C)C.